The highest BCUT2D eigenvalue weighted by Gasteiger charge is 2.43. The minimum Gasteiger partial charge on any atom is -0.480 e. The number of likely N-dealkylation sites (tertiary alicyclic amines) is 1. The third-order valence-corrected chi connectivity index (χ3v) is 3.87. The fraction of sp³-hybridized carbons (Fsp3) is 0.625. The van der Waals surface area contributed by atoms with Crippen molar-refractivity contribution in [3.8, 4) is 0 Å². The topological polar surface area (TPSA) is 66.8 Å². The molecule has 1 heterocycles. The Morgan fingerprint density at radius 1 is 1.29 bits per heavy atom. The average Bonchev–Trinajstić information content (AvgIpc) is 2.83. The zero-order valence-electron chi connectivity index (χ0n) is 12.8. The van der Waals surface area contributed by atoms with Crippen LogP contribution in [-0.2, 0) is 9.53 Å². The van der Waals surface area contributed by atoms with E-state index in [0.29, 0.717) is 18.9 Å². The first kappa shape index (κ1) is 15.6. The highest BCUT2D eigenvalue weighted by atomic mass is 16.6. The fourth-order valence-corrected chi connectivity index (χ4v) is 2.88. The Balaban J connectivity index is 2.08. The van der Waals surface area contributed by atoms with Gasteiger partial charge in [-0.05, 0) is 45.4 Å². The molecular weight excluding hydrogens is 270 g/mol. The first-order valence-electron chi connectivity index (χ1n) is 7.33. The van der Waals surface area contributed by atoms with Crippen molar-refractivity contribution in [1.29, 1.82) is 0 Å². The summed E-state index contributed by atoms with van der Waals surface area (Å²) in [6.45, 7) is 5.78. The number of aliphatic carboxylic acids is 1. The van der Waals surface area contributed by atoms with Crippen LogP contribution in [0, 0.1) is 11.8 Å². The van der Waals surface area contributed by atoms with E-state index in [9.17, 15) is 14.7 Å². The number of hydrogen-bond acceptors (Lipinski definition) is 3. The Labute approximate surface area is 125 Å². The van der Waals surface area contributed by atoms with Crippen LogP contribution in [0.25, 0.3) is 0 Å². The normalized spacial score (nSPS) is 28.7. The van der Waals surface area contributed by atoms with Crippen LogP contribution in [0.5, 0.6) is 0 Å². The van der Waals surface area contributed by atoms with Gasteiger partial charge in [-0.25, -0.2) is 9.59 Å². The Morgan fingerprint density at radius 2 is 2.00 bits per heavy atom. The maximum absolute atomic E-state index is 12.2. The van der Waals surface area contributed by atoms with Gasteiger partial charge in [0.1, 0.15) is 11.6 Å². The molecule has 1 unspecified atom stereocenters. The van der Waals surface area contributed by atoms with Gasteiger partial charge in [0.25, 0.3) is 0 Å². The van der Waals surface area contributed by atoms with E-state index in [1.165, 1.54) is 4.90 Å². The van der Waals surface area contributed by atoms with Crippen molar-refractivity contribution in [2.45, 2.75) is 45.3 Å². The molecule has 0 aromatic carbocycles. The van der Waals surface area contributed by atoms with Crippen molar-refractivity contribution < 1.29 is 19.4 Å². The van der Waals surface area contributed by atoms with Crippen LogP contribution in [0.1, 0.15) is 33.6 Å². The number of rotatable bonds is 2. The molecule has 2 rings (SSSR count). The van der Waals surface area contributed by atoms with Crippen LogP contribution in [0.15, 0.2) is 24.3 Å². The molecule has 0 saturated carbocycles. The number of carbonyl (C=O) groups excluding carboxylic acids is 1. The molecular formula is C16H23NO4. The molecule has 1 N–H and O–H groups in total. The molecule has 1 aliphatic carbocycles. The van der Waals surface area contributed by atoms with E-state index in [1.807, 2.05) is 12.2 Å². The second-order valence-electron chi connectivity index (χ2n) is 6.70. The summed E-state index contributed by atoms with van der Waals surface area (Å²) in [7, 11) is 0. The highest BCUT2D eigenvalue weighted by Crippen LogP contribution is 2.34. The minimum absolute atomic E-state index is 0.166. The zero-order valence-corrected chi connectivity index (χ0v) is 12.8. The van der Waals surface area contributed by atoms with Crippen molar-refractivity contribution in [1.82, 2.24) is 4.90 Å². The summed E-state index contributed by atoms with van der Waals surface area (Å²) in [5.41, 5.74) is -0.619. The zero-order chi connectivity index (χ0) is 15.6. The Bertz CT molecular complexity index is 475. The molecule has 0 bridgehead atoms. The van der Waals surface area contributed by atoms with Crippen molar-refractivity contribution >= 4 is 12.1 Å². The lowest BCUT2D eigenvalue weighted by Crippen LogP contribution is -2.43. The first-order chi connectivity index (χ1) is 9.78. The molecule has 1 aliphatic heterocycles. The van der Waals surface area contributed by atoms with Gasteiger partial charge in [0.2, 0.25) is 0 Å². The second kappa shape index (κ2) is 5.92. The SMILES string of the molecule is CC(C)(C)OC(=O)N1C[C@@H](C2C=CC=CC2)C[C@@H]1C(=O)O. The van der Waals surface area contributed by atoms with Gasteiger partial charge >= 0.3 is 12.1 Å². The van der Waals surface area contributed by atoms with E-state index in [-0.39, 0.29) is 5.92 Å². The lowest BCUT2D eigenvalue weighted by Gasteiger charge is -2.27. The van der Waals surface area contributed by atoms with E-state index >= 15 is 0 Å². The first-order valence-corrected chi connectivity index (χ1v) is 7.33. The number of allylic oxidation sites excluding steroid dienone is 4. The molecule has 1 amide bonds. The van der Waals surface area contributed by atoms with Gasteiger partial charge in [-0.15, -0.1) is 0 Å². The van der Waals surface area contributed by atoms with Crippen LogP contribution in [0.3, 0.4) is 0 Å². The molecule has 1 saturated heterocycles. The van der Waals surface area contributed by atoms with Crippen LogP contribution >= 0.6 is 0 Å². The number of nitrogens with zero attached hydrogens (tertiary/aromatic N) is 1. The van der Waals surface area contributed by atoms with Gasteiger partial charge in [-0.1, -0.05) is 24.3 Å². The van der Waals surface area contributed by atoms with Gasteiger partial charge in [-0.3, -0.25) is 4.90 Å². The van der Waals surface area contributed by atoms with Crippen LogP contribution in [0.4, 0.5) is 4.79 Å². The summed E-state index contributed by atoms with van der Waals surface area (Å²) < 4.78 is 5.33. The summed E-state index contributed by atoms with van der Waals surface area (Å²) in [4.78, 5) is 25.0. The van der Waals surface area contributed by atoms with Crippen molar-refractivity contribution in [2.24, 2.45) is 11.8 Å². The van der Waals surface area contributed by atoms with E-state index in [1.54, 1.807) is 20.8 Å². The summed E-state index contributed by atoms with van der Waals surface area (Å²) in [6, 6.07) is -0.788. The lowest BCUT2D eigenvalue weighted by atomic mass is 9.85. The molecule has 116 valence electrons. The monoisotopic (exact) mass is 293 g/mol. The standard InChI is InChI=1S/C16H23NO4/c1-16(2,3)21-15(20)17-10-12(9-13(17)14(18)19)11-7-5-4-6-8-11/h4-7,11-13H,8-10H2,1-3H3,(H,18,19)/t11?,12-,13+/m0/s1. The van der Waals surface area contributed by atoms with E-state index in [2.05, 4.69) is 12.2 Å². The van der Waals surface area contributed by atoms with Gasteiger partial charge in [-0.2, -0.15) is 0 Å². The molecule has 0 aromatic rings. The largest absolute Gasteiger partial charge is 0.480 e. The quantitative estimate of drug-likeness (QED) is 0.850. The fourth-order valence-electron chi connectivity index (χ4n) is 2.88. The van der Waals surface area contributed by atoms with Gasteiger partial charge in [0, 0.05) is 6.54 Å². The number of carboxylic acid groups (broad SMARTS) is 1. The average molecular weight is 293 g/mol. The summed E-state index contributed by atoms with van der Waals surface area (Å²) in [5.74, 6) is -0.497. The molecule has 5 nitrogen and oxygen atoms in total. The van der Waals surface area contributed by atoms with Crippen LogP contribution in [-0.4, -0.2) is 40.3 Å². The Kier molecular flexibility index (Phi) is 4.40. The lowest BCUT2D eigenvalue weighted by molar-refractivity contribution is -0.142. The van der Waals surface area contributed by atoms with Gasteiger partial charge in [0.05, 0.1) is 0 Å². The molecule has 0 spiro atoms. The van der Waals surface area contributed by atoms with E-state index < -0.39 is 23.7 Å². The van der Waals surface area contributed by atoms with E-state index in [4.69, 9.17) is 4.74 Å². The number of carboxylic acids is 1. The van der Waals surface area contributed by atoms with Crippen molar-refractivity contribution in [2.75, 3.05) is 6.54 Å². The number of amides is 1. The van der Waals surface area contributed by atoms with Crippen LogP contribution in [0.2, 0.25) is 0 Å². The van der Waals surface area contributed by atoms with Crippen molar-refractivity contribution in [3.63, 3.8) is 0 Å². The van der Waals surface area contributed by atoms with E-state index in [0.717, 1.165) is 6.42 Å². The Hall–Kier alpha value is -1.78. The highest BCUT2D eigenvalue weighted by molar-refractivity contribution is 5.81. The van der Waals surface area contributed by atoms with Crippen molar-refractivity contribution in [3.05, 3.63) is 24.3 Å². The molecule has 0 radical (unpaired) electrons. The summed E-state index contributed by atoms with van der Waals surface area (Å²) >= 11 is 0. The van der Waals surface area contributed by atoms with Gasteiger partial charge < -0.3 is 9.84 Å². The number of ether oxygens (including phenoxy) is 1. The third kappa shape index (κ3) is 3.86. The molecule has 21 heavy (non-hydrogen) atoms. The molecule has 2 aliphatic rings. The molecule has 5 heteroatoms. The molecule has 0 aromatic heterocycles. The number of hydrogen-bond donors (Lipinski definition) is 1. The maximum atomic E-state index is 12.2. The minimum atomic E-state index is -0.960. The predicted octanol–water partition coefficient (Wildman–Crippen LogP) is 2.83. The summed E-state index contributed by atoms with van der Waals surface area (Å²) in [5, 5.41) is 9.37. The predicted molar refractivity (Wildman–Crippen MR) is 78.9 cm³/mol. The molecule has 1 fully saturated rings. The van der Waals surface area contributed by atoms with Gasteiger partial charge in [0.15, 0.2) is 0 Å². The second-order valence-corrected chi connectivity index (χ2v) is 6.70. The summed E-state index contributed by atoms with van der Waals surface area (Å²) in [6.07, 6.45) is 9.00. The number of carbonyl (C=O) groups is 2. The maximum Gasteiger partial charge on any atom is 0.411 e. The van der Waals surface area contributed by atoms with Crippen LogP contribution < -0.4 is 0 Å². The smallest absolute Gasteiger partial charge is 0.411 e. The Morgan fingerprint density at radius 3 is 2.52 bits per heavy atom. The molecule has 3 atom stereocenters. The third-order valence-electron chi connectivity index (χ3n) is 3.87.